The van der Waals surface area contributed by atoms with Crippen LogP contribution in [0.2, 0.25) is 0 Å². The molecule has 0 amide bonds. The van der Waals surface area contributed by atoms with E-state index < -0.39 is 12.8 Å². The van der Waals surface area contributed by atoms with Gasteiger partial charge in [-0.1, -0.05) is 12.1 Å². The third-order valence-electron chi connectivity index (χ3n) is 2.61. The Morgan fingerprint density at radius 2 is 2.10 bits per heavy atom. The summed E-state index contributed by atoms with van der Waals surface area (Å²) in [6, 6.07) is 6.46. The van der Waals surface area contributed by atoms with Gasteiger partial charge in [0.2, 0.25) is 0 Å². The van der Waals surface area contributed by atoms with Gasteiger partial charge in [0.25, 0.3) is 0 Å². The molecular weight excluding hydrogens is 285 g/mol. The minimum Gasteiger partial charge on any atom is -0.482 e. The number of anilines is 1. The zero-order chi connectivity index (χ0) is 15.3. The van der Waals surface area contributed by atoms with Gasteiger partial charge in [0.05, 0.1) is 12.2 Å². The first-order valence-electron chi connectivity index (χ1n) is 6.31. The van der Waals surface area contributed by atoms with Gasteiger partial charge in [0.1, 0.15) is 18.4 Å². The Labute approximate surface area is 119 Å². The Kier molecular flexibility index (Phi) is 4.66. The van der Waals surface area contributed by atoms with Crippen molar-refractivity contribution in [3.63, 3.8) is 0 Å². The minimum absolute atomic E-state index is 0.0534. The SMILES string of the molecule is CC(Cn1cncn1)Nc1ccccc1OCC(F)(F)F. The van der Waals surface area contributed by atoms with Crippen molar-refractivity contribution in [2.24, 2.45) is 0 Å². The molecule has 1 aromatic heterocycles. The molecule has 0 saturated carbocycles. The number of nitrogens with one attached hydrogen (secondary N) is 1. The normalized spacial score (nSPS) is 13.0. The topological polar surface area (TPSA) is 52.0 Å². The van der Waals surface area contributed by atoms with Crippen molar-refractivity contribution in [1.29, 1.82) is 0 Å². The monoisotopic (exact) mass is 300 g/mol. The highest BCUT2D eigenvalue weighted by molar-refractivity contribution is 5.56. The second-order valence-electron chi connectivity index (χ2n) is 4.56. The van der Waals surface area contributed by atoms with Gasteiger partial charge in [0.15, 0.2) is 6.61 Å². The number of alkyl halides is 3. The lowest BCUT2D eigenvalue weighted by atomic mass is 10.2. The second kappa shape index (κ2) is 6.47. The van der Waals surface area contributed by atoms with E-state index in [4.69, 9.17) is 4.74 Å². The highest BCUT2D eigenvalue weighted by Crippen LogP contribution is 2.26. The van der Waals surface area contributed by atoms with Gasteiger partial charge in [-0.15, -0.1) is 0 Å². The van der Waals surface area contributed by atoms with Gasteiger partial charge in [-0.05, 0) is 19.1 Å². The van der Waals surface area contributed by atoms with Crippen LogP contribution in [0, 0.1) is 0 Å². The Morgan fingerprint density at radius 3 is 2.76 bits per heavy atom. The summed E-state index contributed by atoms with van der Waals surface area (Å²) in [7, 11) is 0. The van der Waals surface area contributed by atoms with Crippen molar-refractivity contribution in [3.05, 3.63) is 36.9 Å². The molecule has 1 unspecified atom stereocenters. The number of nitrogens with zero attached hydrogens (tertiary/aromatic N) is 3. The Bertz CT molecular complexity index is 557. The van der Waals surface area contributed by atoms with Crippen molar-refractivity contribution < 1.29 is 17.9 Å². The lowest BCUT2D eigenvalue weighted by molar-refractivity contribution is -0.153. The molecule has 2 aromatic rings. The number of hydrogen-bond acceptors (Lipinski definition) is 4. The predicted octanol–water partition coefficient (Wildman–Crippen LogP) is 2.72. The first-order chi connectivity index (χ1) is 9.94. The third kappa shape index (κ3) is 4.97. The fraction of sp³-hybridized carbons (Fsp3) is 0.385. The average molecular weight is 300 g/mol. The van der Waals surface area contributed by atoms with Crippen LogP contribution in [-0.4, -0.2) is 33.6 Å². The Morgan fingerprint density at radius 1 is 1.33 bits per heavy atom. The molecule has 0 bridgehead atoms. The fourth-order valence-electron chi connectivity index (χ4n) is 1.79. The van der Waals surface area contributed by atoms with Gasteiger partial charge < -0.3 is 10.1 Å². The molecule has 0 aliphatic heterocycles. The van der Waals surface area contributed by atoms with Crippen LogP contribution >= 0.6 is 0 Å². The maximum atomic E-state index is 12.2. The number of rotatable bonds is 6. The summed E-state index contributed by atoms with van der Waals surface area (Å²) in [6.45, 7) is 1.11. The molecule has 0 fully saturated rings. The van der Waals surface area contributed by atoms with E-state index in [9.17, 15) is 13.2 Å². The van der Waals surface area contributed by atoms with Crippen LogP contribution in [-0.2, 0) is 6.54 Å². The zero-order valence-electron chi connectivity index (χ0n) is 11.3. The van der Waals surface area contributed by atoms with E-state index in [1.165, 1.54) is 12.4 Å². The predicted molar refractivity (Wildman–Crippen MR) is 71.1 cm³/mol. The molecule has 1 aromatic carbocycles. The van der Waals surface area contributed by atoms with Gasteiger partial charge in [-0.3, -0.25) is 4.68 Å². The molecule has 0 aliphatic carbocycles. The molecule has 5 nitrogen and oxygen atoms in total. The number of hydrogen-bond donors (Lipinski definition) is 1. The van der Waals surface area contributed by atoms with Gasteiger partial charge >= 0.3 is 6.18 Å². The van der Waals surface area contributed by atoms with E-state index in [0.717, 1.165) is 0 Å². The standard InChI is InChI=1S/C13H15F3N4O/c1-10(6-20-9-17-8-18-20)19-11-4-2-3-5-12(11)21-7-13(14,15)16/h2-5,8-10,19H,6-7H2,1H3. The van der Waals surface area contributed by atoms with Crippen molar-refractivity contribution in [3.8, 4) is 5.75 Å². The number of halogens is 3. The summed E-state index contributed by atoms with van der Waals surface area (Å²) in [4.78, 5) is 3.83. The van der Waals surface area contributed by atoms with E-state index in [1.54, 1.807) is 29.2 Å². The first-order valence-corrected chi connectivity index (χ1v) is 6.31. The molecule has 0 spiro atoms. The molecule has 114 valence electrons. The van der Waals surface area contributed by atoms with Gasteiger partial charge in [0, 0.05) is 6.04 Å². The molecule has 2 rings (SSSR count). The highest BCUT2D eigenvalue weighted by atomic mass is 19.4. The van der Waals surface area contributed by atoms with E-state index >= 15 is 0 Å². The molecule has 1 atom stereocenters. The van der Waals surface area contributed by atoms with Crippen molar-refractivity contribution >= 4 is 5.69 Å². The molecule has 1 heterocycles. The summed E-state index contributed by atoms with van der Waals surface area (Å²) in [5.41, 5.74) is 0.509. The third-order valence-corrected chi connectivity index (χ3v) is 2.61. The zero-order valence-corrected chi connectivity index (χ0v) is 11.3. The minimum atomic E-state index is -4.36. The first kappa shape index (κ1) is 15.1. The fourth-order valence-corrected chi connectivity index (χ4v) is 1.79. The van der Waals surface area contributed by atoms with Crippen LogP contribution in [0.5, 0.6) is 5.75 Å². The summed E-state index contributed by atoms with van der Waals surface area (Å²) < 4.78 is 43.1. The number of aromatic nitrogens is 3. The van der Waals surface area contributed by atoms with E-state index in [2.05, 4.69) is 15.4 Å². The number of benzene rings is 1. The number of ether oxygens (including phenoxy) is 1. The van der Waals surface area contributed by atoms with Crippen LogP contribution in [0.25, 0.3) is 0 Å². The molecule has 8 heteroatoms. The van der Waals surface area contributed by atoms with Crippen LogP contribution in [0.1, 0.15) is 6.92 Å². The lowest BCUT2D eigenvalue weighted by Crippen LogP contribution is -2.23. The highest BCUT2D eigenvalue weighted by Gasteiger charge is 2.28. The van der Waals surface area contributed by atoms with Crippen molar-refractivity contribution in [1.82, 2.24) is 14.8 Å². The van der Waals surface area contributed by atoms with Crippen molar-refractivity contribution in [2.75, 3.05) is 11.9 Å². The van der Waals surface area contributed by atoms with E-state index in [1.807, 2.05) is 6.92 Å². The molecular formula is C13H15F3N4O. The average Bonchev–Trinajstić information content (AvgIpc) is 2.89. The van der Waals surface area contributed by atoms with Gasteiger partial charge in [-0.2, -0.15) is 18.3 Å². The maximum absolute atomic E-state index is 12.2. The summed E-state index contributed by atoms with van der Waals surface area (Å²) in [6.07, 6.45) is -1.36. The van der Waals surface area contributed by atoms with Crippen LogP contribution in [0.4, 0.5) is 18.9 Å². The molecule has 0 saturated heterocycles. The summed E-state index contributed by atoms with van der Waals surface area (Å²) in [5.74, 6) is 0.167. The van der Waals surface area contributed by atoms with E-state index in [-0.39, 0.29) is 11.8 Å². The lowest BCUT2D eigenvalue weighted by Gasteiger charge is -2.18. The van der Waals surface area contributed by atoms with Gasteiger partial charge in [-0.25, -0.2) is 4.98 Å². The molecule has 0 radical (unpaired) electrons. The van der Waals surface area contributed by atoms with Crippen LogP contribution in [0.15, 0.2) is 36.9 Å². The number of para-hydroxylation sites is 2. The summed E-state index contributed by atoms with van der Waals surface area (Å²) >= 11 is 0. The van der Waals surface area contributed by atoms with E-state index in [0.29, 0.717) is 12.2 Å². The second-order valence-corrected chi connectivity index (χ2v) is 4.56. The Hall–Kier alpha value is -2.25. The molecule has 21 heavy (non-hydrogen) atoms. The smallest absolute Gasteiger partial charge is 0.422 e. The largest absolute Gasteiger partial charge is 0.482 e. The molecule has 0 aliphatic rings. The van der Waals surface area contributed by atoms with Crippen LogP contribution < -0.4 is 10.1 Å². The van der Waals surface area contributed by atoms with Crippen LogP contribution in [0.3, 0.4) is 0 Å². The quantitative estimate of drug-likeness (QED) is 0.891. The Balaban J connectivity index is 1.99. The van der Waals surface area contributed by atoms with Crippen molar-refractivity contribution in [2.45, 2.75) is 25.7 Å². The summed E-state index contributed by atoms with van der Waals surface area (Å²) in [5, 5.41) is 7.08. The maximum Gasteiger partial charge on any atom is 0.422 e. The molecule has 1 N–H and O–H groups in total.